The Hall–Kier alpha value is -1.26. The molecule has 0 aromatic heterocycles. The van der Waals surface area contributed by atoms with Crippen LogP contribution in [-0.4, -0.2) is 42.1 Å². The van der Waals surface area contributed by atoms with Crippen LogP contribution in [0.2, 0.25) is 0 Å². The number of nitrogens with zero attached hydrogens (tertiary/aromatic N) is 1. The summed E-state index contributed by atoms with van der Waals surface area (Å²) < 4.78 is 0. The first-order valence-electron chi connectivity index (χ1n) is 8.43. The molecular formula is C18H27ClN2O2. The molecular weight excluding hydrogens is 312 g/mol. The normalized spacial score (nSPS) is 20.1. The van der Waals surface area contributed by atoms with E-state index < -0.39 is 0 Å². The molecule has 2 aliphatic heterocycles. The summed E-state index contributed by atoms with van der Waals surface area (Å²) in [5.74, 6) is 0.551. The third-order valence-electron chi connectivity index (χ3n) is 5.40. The van der Waals surface area contributed by atoms with Crippen LogP contribution in [-0.2, 0) is 11.2 Å². The lowest BCUT2D eigenvalue weighted by molar-refractivity contribution is -0.133. The van der Waals surface area contributed by atoms with Gasteiger partial charge in [-0.3, -0.25) is 4.79 Å². The number of amides is 1. The number of carbonyl (C=O) groups excluding carboxylic acids is 1. The Morgan fingerprint density at radius 1 is 1.09 bits per heavy atom. The van der Waals surface area contributed by atoms with Crippen LogP contribution in [0.25, 0.3) is 0 Å². The van der Waals surface area contributed by atoms with Crippen LogP contribution in [0.1, 0.15) is 37.7 Å². The highest BCUT2D eigenvalue weighted by atomic mass is 35.5. The van der Waals surface area contributed by atoms with Gasteiger partial charge in [0.2, 0.25) is 5.91 Å². The molecule has 0 aliphatic carbocycles. The molecule has 1 aromatic rings. The van der Waals surface area contributed by atoms with Crippen molar-refractivity contribution in [3.63, 3.8) is 0 Å². The Bertz CT molecular complexity index is 502. The Labute approximate surface area is 144 Å². The molecule has 3 rings (SSSR count). The molecule has 5 heteroatoms. The fourth-order valence-corrected chi connectivity index (χ4v) is 3.76. The van der Waals surface area contributed by atoms with Crippen molar-refractivity contribution in [3.8, 4) is 5.75 Å². The first-order chi connectivity index (χ1) is 10.7. The molecule has 0 atom stereocenters. The van der Waals surface area contributed by atoms with Crippen molar-refractivity contribution in [1.82, 2.24) is 10.2 Å². The number of halogens is 1. The largest absolute Gasteiger partial charge is 0.508 e. The Morgan fingerprint density at radius 2 is 1.70 bits per heavy atom. The summed E-state index contributed by atoms with van der Waals surface area (Å²) >= 11 is 0. The SMILES string of the molecule is Cl.O=C(CCc1ccc(O)cc1)N1CCC2(CCNCC2)CC1. The number of rotatable bonds is 3. The number of aryl methyl sites for hydroxylation is 1. The molecule has 1 amide bonds. The second kappa shape index (κ2) is 8.02. The maximum atomic E-state index is 12.4. The maximum Gasteiger partial charge on any atom is 0.222 e. The summed E-state index contributed by atoms with van der Waals surface area (Å²) in [5.41, 5.74) is 1.61. The highest BCUT2D eigenvalue weighted by Gasteiger charge is 2.36. The summed E-state index contributed by atoms with van der Waals surface area (Å²) in [6.45, 7) is 4.12. The molecule has 128 valence electrons. The number of piperidine rings is 2. The van der Waals surface area contributed by atoms with Crippen LogP contribution in [0.5, 0.6) is 5.75 Å². The molecule has 1 spiro atoms. The van der Waals surface area contributed by atoms with Gasteiger partial charge >= 0.3 is 0 Å². The molecule has 0 radical (unpaired) electrons. The Kier molecular flexibility index (Phi) is 6.31. The highest BCUT2D eigenvalue weighted by molar-refractivity contribution is 5.85. The van der Waals surface area contributed by atoms with Gasteiger partial charge in [0, 0.05) is 19.5 Å². The van der Waals surface area contributed by atoms with E-state index in [1.54, 1.807) is 12.1 Å². The molecule has 2 fully saturated rings. The van der Waals surface area contributed by atoms with E-state index in [9.17, 15) is 9.90 Å². The van der Waals surface area contributed by atoms with Gasteiger partial charge in [-0.15, -0.1) is 12.4 Å². The van der Waals surface area contributed by atoms with Crippen molar-refractivity contribution in [3.05, 3.63) is 29.8 Å². The van der Waals surface area contributed by atoms with Gasteiger partial charge in [-0.1, -0.05) is 12.1 Å². The van der Waals surface area contributed by atoms with Crippen molar-refractivity contribution in [1.29, 1.82) is 0 Å². The quantitative estimate of drug-likeness (QED) is 0.891. The van der Waals surface area contributed by atoms with Crippen LogP contribution < -0.4 is 5.32 Å². The van der Waals surface area contributed by atoms with E-state index in [4.69, 9.17) is 0 Å². The lowest BCUT2D eigenvalue weighted by atomic mass is 9.71. The topological polar surface area (TPSA) is 52.6 Å². The molecule has 4 nitrogen and oxygen atoms in total. The number of likely N-dealkylation sites (tertiary alicyclic amines) is 1. The molecule has 2 heterocycles. The first kappa shape index (κ1) is 18.1. The smallest absolute Gasteiger partial charge is 0.222 e. The van der Waals surface area contributed by atoms with Gasteiger partial charge in [-0.25, -0.2) is 0 Å². The molecule has 1 aromatic carbocycles. The molecule has 0 saturated carbocycles. The fourth-order valence-electron chi connectivity index (χ4n) is 3.76. The first-order valence-corrected chi connectivity index (χ1v) is 8.43. The number of aromatic hydroxyl groups is 1. The van der Waals surface area contributed by atoms with Crippen LogP contribution >= 0.6 is 12.4 Å². The fraction of sp³-hybridized carbons (Fsp3) is 0.611. The number of phenols is 1. The number of hydrogen-bond donors (Lipinski definition) is 2. The minimum absolute atomic E-state index is 0. The molecule has 0 unspecified atom stereocenters. The van der Waals surface area contributed by atoms with E-state index in [0.29, 0.717) is 11.8 Å². The van der Waals surface area contributed by atoms with Gasteiger partial charge in [0.05, 0.1) is 0 Å². The van der Waals surface area contributed by atoms with Gasteiger partial charge < -0.3 is 15.3 Å². The van der Waals surface area contributed by atoms with Crippen molar-refractivity contribution < 1.29 is 9.90 Å². The van der Waals surface area contributed by atoms with Gasteiger partial charge in [0.1, 0.15) is 5.75 Å². The molecule has 2 saturated heterocycles. The molecule has 0 bridgehead atoms. The lowest BCUT2D eigenvalue weighted by Gasteiger charge is -2.44. The predicted octanol–water partition coefficient (Wildman–Crippen LogP) is 2.74. The van der Waals surface area contributed by atoms with Gasteiger partial charge in [0.15, 0.2) is 0 Å². The van der Waals surface area contributed by atoms with Crippen molar-refractivity contribution in [2.45, 2.75) is 38.5 Å². The maximum absolute atomic E-state index is 12.4. The summed E-state index contributed by atoms with van der Waals surface area (Å²) in [5, 5.41) is 12.7. The van der Waals surface area contributed by atoms with Gasteiger partial charge in [-0.05, 0) is 68.3 Å². The van der Waals surface area contributed by atoms with Crippen molar-refractivity contribution in [2.75, 3.05) is 26.2 Å². The van der Waals surface area contributed by atoms with Crippen molar-refractivity contribution in [2.24, 2.45) is 5.41 Å². The Balaban J connectivity index is 0.00000192. The summed E-state index contributed by atoms with van der Waals surface area (Å²) in [4.78, 5) is 14.4. The number of carbonyl (C=O) groups is 1. The third kappa shape index (κ3) is 4.61. The molecule has 23 heavy (non-hydrogen) atoms. The van der Waals surface area contributed by atoms with Crippen LogP contribution in [0.4, 0.5) is 0 Å². The average Bonchev–Trinajstić information content (AvgIpc) is 2.55. The minimum atomic E-state index is 0. The summed E-state index contributed by atoms with van der Waals surface area (Å²) in [6, 6.07) is 7.15. The standard InChI is InChI=1S/C18H26N2O2.ClH/c21-16-4-1-15(2-5-16)3-6-17(22)20-13-9-18(10-14-20)7-11-19-12-8-18;/h1-2,4-5,19,21H,3,6-14H2;1H. The van der Waals surface area contributed by atoms with E-state index >= 15 is 0 Å². The predicted molar refractivity (Wildman–Crippen MR) is 94.0 cm³/mol. The second-order valence-electron chi connectivity index (χ2n) is 6.80. The number of nitrogens with one attached hydrogen (secondary N) is 1. The van der Waals surface area contributed by atoms with E-state index in [-0.39, 0.29) is 24.1 Å². The van der Waals surface area contributed by atoms with Crippen LogP contribution in [0.3, 0.4) is 0 Å². The zero-order valence-corrected chi connectivity index (χ0v) is 14.4. The number of hydrogen-bond acceptors (Lipinski definition) is 3. The Morgan fingerprint density at radius 3 is 2.30 bits per heavy atom. The van der Waals surface area contributed by atoms with Gasteiger partial charge in [-0.2, -0.15) is 0 Å². The minimum Gasteiger partial charge on any atom is -0.508 e. The average molecular weight is 339 g/mol. The summed E-state index contributed by atoms with van der Waals surface area (Å²) in [6.07, 6.45) is 6.19. The van der Waals surface area contributed by atoms with Gasteiger partial charge in [0.25, 0.3) is 0 Å². The monoisotopic (exact) mass is 338 g/mol. The van der Waals surface area contributed by atoms with E-state index in [1.165, 1.54) is 25.7 Å². The zero-order chi connectivity index (χ0) is 15.4. The number of phenolic OH excluding ortho intramolecular Hbond substituents is 1. The lowest BCUT2D eigenvalue weighted by Crippen LogP contribution is -2.47. The van der Waals surface area contributed by atoms with Crippen LogP contribution in [0.15, 0.2) is 24.3 Å². The molecule has 2 aliphatic rings. The number of benzene rings is 1. The van der Waals surface area contributed by atoms with Crippen molar-refractivity contribution >= 4 is 18.3 Å². The second-order valence-corrected chi connectivity index (χ2v) is 6.80. The van der Waals surface area contributed by atoms with E-state index in [1.807, 2.05) is 17.0 Å². The van der Waals surface area contributed by atoms with E-state index in [2.05, 4.69) is 5.32 Å². The highest BCUT2D eigenvalue weighted by Crippen LogP contribution is 2.39. The third-order valence-corrected chi connectivity index (χ3v) is 5.40. The zero-order valence-electron chi connectivity index (χ0n) is 13.6. The summed E-state index contributed by atoms with van der Waals surface area (Å²) in [7, 11) is 0. The van der Waals surface area contributed by atoms with Crippen LogP contribution in [0, 0.1) is 5.41 Å². The van der Waals surface area contributed by atoms with E-state index in [0.717, 1.165) is 38.2 Å². The molecule has 2 N–H and O–H groups in total.